The van der Waals surface area contributed by atoms with E-state index in [-0.39, 0.29) is 54.6 Å². The summed E-state index contributed by atoms with van der Waals surface area (Å²) < 4.78 is 77.3. The van der Waals surface area contributed by atoms with Gasteiger partial charge in [0.1, 0.15) is 54.5 Å². The van der Waals surface area contributed by atoms with E-state index >= 15 is 0 Å². The number of hydrogen-bond acceptors (Lipinski definition) is 22. The van der Waals surface area contributed by atoms with E-state index in [4.69, 9.17) is 29.5 Å². The molecule has 0 bridgehead atoms. The van der Waals surface area contributed by atoms with Crippen molar-refractivity contribution in [3.8, 4) is 5.75 Å². The van der Waals surface area contributed by atoms with Gasteiger partial charge in [0, 0.05) is 37.7 Å². The number of nitrogens with one attached hydrogen (secondary N) is 2. The molecule has 32 heteroatoms. The Morgan fingerprint density at radius 3 is 2.33 bits per heavy atom. The fraction of sp³-hybridized carbons (Fsp3) is 0.415. The molecule has 0 saturated carbocycles. The summed E-state index contributed by atoms with van der Waals surface area (Å²) in [4.78, 5) is 86.4. The van der Waals surface area contributed by atoms with Crippen LogP contribution >= 0.6 is 23.5 Å². The summed E-state index contributed by atoms with van der Waals surface area (Å²) in [6.07, 6.45) is -8.48. The lowest BCUT2D eigenvalue weighted by Crippen LogP contribution is -2.46. The number of amides is 2. The first kappa shape index (κ1) is 53.7. The number of anilines is 1. The van der Waals surface area contributed by atoms with Crippen LogP contribution in [-0.4, -0.2) is 131 Å². The van der Waals surface area contributed by atoms with E-state index in [0.717, 1.165) is 40.3 Å². The number of aliphatic hydroxyl groups excluding tert-OH is 3. The van der Waals surface area contributed by atoms with E-state index in [1.54, 1.807) is 0 Å². The standard InChI is InChI=1S/C41H49N10O19P3/c1-2-50-25-10-4-3-9-24(25)48-31-26(50)11-5-12-27(31)64-17-7-13-30(52)43-14-15-44-38-32-39(46-21-45-38)51(22-47-32)41-36(69-71(57,58)59)34(54)29(68-41)20-66-73(62,63)70-72(60,61)65-19-28-33(53)35(55)40(67-28)49-16-6-8-23(18-49)37(42)56/h3-6,8-12,16,18,21-22,28-29,33-36,40-41,53-55H,2,7,13-15,17,19-20H2,1H3,(H6-2,42,43,44,45,46,52,56,57,58,59,60,61,62,63). The van der Waals surface area contributed by atoms with Crippen LogP contribution in [-0.2, 0) is 52.4 Å². The maximum absolute atomic E-state index is 12.7. The van der Waals surface area contributed by atoms with Crippen molar-refractivity contribution < 1.29 is 99.4 Å². The minimum Gasteiger partial charge on any atom is -0.756 e. The third kappa shape index (κ3) is 12.7. The monoisotopic (exact) mass is 1080 g/mol. The quantitative estimate of drug-likeness (QED) is 0.0159. The molecule has 2 amide bonds. The van der Waals surface area contributed by atoms with Gasteiger partial charge in [-0.25, -0.2) is 28.8 Å². The summed E-state index contributed by atoms with van der Waals surface area (Å²) in [6, 6.07) is 16.3. The van der Waals surface area contributed by atoms with Gasteiger partial charge in [-0.05, 0) is 31.5 Å². The Hall–Kier alpha value is -5.55. The van der Waals surface area contributed by atoms with Crippen molar-refractivity contribution in [1.29, 1.82) is 0 Å². The lowest BCUT2D eigenvalue weighted by Gasteiger charge is -2.31. The Kier molecular flexibility index (Phi) is 16.6. The minimum atomic E-state index is -5.92. The average molecular weight is 1080 g/mol. The summed E-state index contributed by atoms with van der Waals surface area (Å²) >= 11 is 0. The molecule has 0 aliphatic carbocycles. The molecule has 10 unspecified atom stereocenters. The number of benzene rings is 2. The lowest BCUT2D eigenvalue weighted by atomic mass is 10.1. The van der Waals surface area contributed by atoms with Crippen molar-refractivity contribution in [3.05, 3.63) is 85.2 Å². The van der Waals surface area contributed by atoms with Gasteiger partial charge in [-0.1, -0.05) is 18.2 Å². The van der Waals surface area contributed by atoms with Crippen LogP contribution in [0.15, 0.2) is 79.6 Å². The van der Waals surface area contributed by atoms with Crippen LogP contribution < -0.4 is 40.0 Å². The van der Waals surface area contributed by atoms with E-state index in [2.05, 4.69) is 50.4 Å². The van der Waals surface area contributed by atoms with Crippen LogP contribution in [0.5, 0.6) is 5.75 Å². The average Bonchev–Trinajstić information content (AvgIpc) is 4.00. The van der Waals surface area contributed by atoms with E-state index in [0.29, 0.717) is 17.7 Å². The number of para-hydroxylation sites is 3. The second kappa shape index (κ2) is 22.5. The number of ether oxygens (including phenoxy) is 3. The highest BCUT2D eigenvalue weighted by atomic mass is 31.3. The molecule has 10 atom stereocenters. The number of nitrogens with two attached hydrogens (primary N) is 1. The molecule has 4 aromatic heterocycles. The van der Waals surface area contributed by atoms with Crippen molar-refractivity contribution in [2.45, 2.75) is 75.4 Å². The first-order valence-electron chi connectivity index (χ1n) is 22.3. The van der Waals surface area contributed by atoms with Gasteiger partial charge in [-0.15, -0.1) is 0 Å². The normalized spacial score (nSPS) is 23.9. The highest BCUT2D eigenvalue weighted by Crippen LogP contribution is 2.56. The van der Waals surface area contributed by atoms with Crippen LogP contribution in [0.25, 0.3) is 33.2 Å². The Bertz CT molecular complexity index is 3130. The Morgan fingerprint density at radius 2 is 1.60 bits per heavy atom. The molecule has 8 rings (SSSR count). The van der Waals surface area contributed by atoms with Crippen LogP contribution in [0.2, 0.25) is 0 Å². The number of aliphatic hydroxyl groups is 3. The number of carbonyl (C=O) groups is 2. The first-order valence-corrected chi connectivity index (χ1v) is 26.7. The van der Waals surface area contributed by atoms with Crippen LogP contribution in [0.4, 0.5) is 5.82 Å². The van der Waals surface area contributed by atoms with Crippen molar-refractivity contribution in [2.24, 2.45) is 5.73 Å². The summed E-state index contributed by atoms with van der Waals surface area (Å²) in [7, 11) is -17.2. The summed E-state index contributed by atoms with van der Waals surface area (Å²) in [5.74, 6) is -0.297. The predicted octanol–water partition coefficient (Wildman–Crippen LogP) is -1.35. The molecule has 6 heterocycles. The summed E-state index contributed by atoms with van der Waals surface area (Å²) in [5.41, 5.74) is 8.85. The lowest BCUT2D eigenvalue weighted by molar-refractivity contribution is -0.765. The molecule has 2 aliphatic heterocycles. The largest absolute Gasteiger partial charge is 0.756 e. The third-order valence-corrected chi connectivity index (χ3v) is 14.5. The fourth-order valence-corrected chi connectivity index (χ4v) is 10.7. The fourth-order valence-electron chi connectivity index (χ4n) is 8.15. The van der Waals surface area contributed by atoms with Crippen molar-refractivity contribution >= 4 is 74.3 Å². The second-order valence-electron chi connectivity index (χ2n) is 16.4. The van der Waals surface area contributed by atoms with E-state index in [9.17, 15) is 58.2 Å². The van der Waals surface area contributed by atoms with Crippen LogP contribution in [0.3, 0.4) is 0 Å². The number of pyridine rings is 1. The highest BCUT2D eigenvalue weighted by Gasteiger charge is 2.50. The number of nitrogens with zero attached hydrogens (tertiary/aromatic N) is 7. The summed E-state index contributed by atoms with van der Waals surface area (Å²) in [5, 5.41) is 37.9. The molecule has 2 saturated heterocycles. The van der Waals surface area contributed by atoms with Crippen molar-refractivity contribution in [1.82, 2.24) is 29.8 Å². The zero-order valence-electron chi connectivity index (χ0n) is 38.3. The van der Waals surface area contributed by atoms with E-state index in [1.807, 2.05) is 42.5 Å². The van der Waals surface area contributed by atoms with E-state index < -0.39 is 91.7 Å². The molecule has 2 fully saturated rings. The molecule has 6 aromatic rings. The molecule has 392 valence electrons. The number of primary amides is 1. The molecule has 0 spiro atoms. The number of rotatable bonds is 23. The Morgan fingerprint density at radius 1 is 0.877 bits per heavy atom. The third-order valence-electron chi connectivity index (χ3n) is 11.5. The van der Waals surface area contributed by atoms with Crippen molar-refractivity contribution in [2.75, 3.05) is 38.2 Å². The number of imidazole rings is 1. The van der Waals surface area contributed by atoms with Crippen LogP contribution in [0, 0.1) is 0 Å². The minimum absolute atomic E-state index is 0.0144. The molecular weight excluding hydrogens is 1030 g/mol. The van der Waals surface area contributed by atoms with Gasteiger partial charge >= 0.3 is 7.82 Å². The van der Waals surface area contributed by atoms with Crippen LogP contribution in [0.1, 0.15) is 42.6 Å². The van der Waals surface area contributed by atoms with Gasteiger partial charge in [0.25, 0.3) is 27.8 Å². The SMILES string of the molecule is CC[n+]1c2ccccc2nc2c(OCCCC(=O)NCCNc3ncnc4c3ncn4C3OC(COP(=O)([O-])OP(=O)([O-])OCC4OC([n+]5cccc(C(N)=O)c5)C(O)C4O)C(O)C3OP(=O)(O)O)cccc21. The zero-order chi connectivity index (χ0) is 52.2. The molecule has 73 heavy (non-hydrogen) atoms. The molecule has 9 N–H and O–H groups in total. The van der Waals surface area contributed by atoms with Gasteiger partial charge in [-0.3, -0.25) is 27.8 Å². The number of phosphoric ester groups is 3. The number of fused-ring (bicyclic) bond motifs is 3. The summed E-state index contributed by atoms with van der Waals surface area (Å²) in [6.45, 7) is 1.08. The zero-order valence-corrected chi connectivity index (χ0v) is 41.0. The number of phosphoric acid groups is 3. The van der Waals surface area contributed by atoms with Crippen molar-refractivity contribution in [3.63, 3.8) is 0 Å². The molecule has 2 aliphatic rings. The van der Waals surface area contributed by atoms with Gasteiger partial charge in [0.05, 0.1) is 26.1 Å². The van der Waals surface area contributed by atoms with Gasteiger partial charge < -0.3 is 74.5 Å². The predicted molar refractivity (Wildman–Crippen MR) is 243 cm³/mol. The number of hydrogen-bond donors (Lipinski definition) is 8. The second-order valence-corrected chi connectivity index (χ2v) is 20.5. The Labute approximate surface area is 412 Å². The van der Waals surface area contributed by atoms with Gasteiger partial charge in [0.2, 0.25) is 16.9 Å². The van der Waals surface area contributed by atoms with Gasteiger partial charge in [-0.2, -0.15) is 9.13 Å². The molecule has 2 aromatic carbocycles. The maximum Gasteiger partial charge on any atom is 0.470 e. The van der Waals surface area contributed by atoms with Gasteiger partial charge in [0.15, 0.2) is 53.0 Å². The Balaban J connectivity index is 0.824. The smallest absolute Gasteiger partial charge is 0.470 e. The number of aryl methyl sites for hydroxylation is 1. The maximum atomic E-state index is 12.7. The molecular formula is C41H49N10O19P3. The first-order chi connectivity index (χ1) is 34.7. The molecule has 0 radical (unpaired) electrons. The molecule has 29 nitrogen and oxygen atoms in total. The number of carbonyl (C=O) groups excluding carboxylic acids is 2. The van der Waals surface area contributed by atoms with E-state index in [1.165, 1.54) is 29.1 Å². The number of aromatic nitrogens is 7. The topological polar surface area (TPSA) is 412 Å². The highest BCUT2D eigenvalue weighted by molar-refractivity contribution is 7.59.